The number of nitrogens with zero attached hydrogens (tertiary/aromatic N) is 1. The van der Waals surface area contributed by atoms with Gasteiger partial charge in [-0.3, -0.25) is 14.6 Å². The van der Waals surface area contributed by atoms with Crippen molar-refractivity contribution < 1.29 is 14.7 Å². The SMILES string of the molecule is O=C(O)C1(C(=O)NCCc2ccccn2)CC1. The van der Waals surface area contributed by atoms with Crippen LogP contribution in [0.4, 0.5) is 0 Å². The minimum atomic E-state index is -1.15. The Morgan fingerprint density at radius 2 is 2.18 bits per heavy atom. The number of carbonyl (C=O) groups excluding carboxylic acids is 1. The number of amides is 1. The lowest BCUT2D eigenvalue weighted by Crippen LogP contribution is -2.38. The highest BCUT2D eigenvalue weighted by atomic mass is 16.4. The highest BCUT2D eigenvalue weighted by molar-refractivity contribution is 6.04. The summed E-state index contributed by atoms with van der Waals surface area (Å²) in [5.41, 5.74) is -0.266. The van der Waals surface area contributed by atoms with Gasteiger partial charge in [0.1, 0.15) is 5.41 Å². The molecule has 90 valence electrons. The smallest absolute Gasteiger partial charge is 0.319 e. The molecule has 0 aromatic carbocycles. The Kier molecular flexibility index (Phi) is 3.08. The number of carboxylic acids is 1. The predicted molar refractivity (Wildman–Crippen MR) is 60.3 cm³/mol. The van der Waals surface area contributed by atoms with Gasteiger partial charge < -0.3 is 10.4 Å². The van der Waals surface area contributed by atoms with Gasteiger partial charge in [0.15, 0.2) is 0 Å². The molecule has 1 fully saturated rings. The number of rotatable bonds is 5. The van der Waals surface area contributed by atoms with Gasteiger partial charge >= 0.3 is 5.97 Å². The van der Waals surface area contributed by atoms with Gasteiger partial charge in [0.2, 0.25) is 5.91 Å². The average Bonchev–Trinajstić information content (AvgIpc) is 3.11. The van der Waals surface area contributed by atoms with Gasteiger partial charge in [0.25, 0.3) is 0 Å². The summed E-state index contributed by atoms with van der Waals surface area (Å²) in [6, 6.07) is 5.58. The number of carbonyl (C=O) groups is 2. The first-order chi connectivity index (χ1) is 8.15. The fraction of sp³-hybridized carbons (Fsp3) is 0.417. The van der Waals surface area contributed by atoms with Crippen LogP contribution in [0.1, 0.15) is 18.5 Å². The second kappa shape index (κ2) is 4.53. The first-order valence-corrected chi connectivity index (χ1v) is 5.57. The zero-order valence-corrected chi connectivity index (χ0v) is 9.35. The van der Waals surface area contributed by atoms with E-state index in [1.807, 2.05) is 18.2 Å². The first kappa shape index (κ1) is 11.6. The summed E-state index contributed by atoms with van der Waals surface area (Å²) in [7, 11) is 0. The number of aromatic nitrogens is 1. The summed E-state index contributed by atoms with van der Waals surface area (Å²) in [5, 5.41) is 11.6. The topological polar surface area (TPSA) is 79.3 Å². The molecular weight excluding hydrogens is 220 g/mol. The van der Waals surface area contributed by atoms with Crippen LogP contribution in [0.25, 0.3) is 0 Å². The van der Waals surface area contributed by atoms with Gasteiger partial charge in [-0.1, -0.05) is 6.07 Å². The van der Waals surface area contributed by atoms with Crippen LogP contribution in [-0.4, -0.2) is 28.5 Å². The molecule has 17 heavy (non-hydrogen) atoms. The number of nitrogens with one attached hydrogen (secondary N) is 1. The molecule has 5 heteroatoms. The summed E-state index contributed by atoms with van der Waals surface area (Å²) in [6.45, 7) is 0.422. The van der Waals surface area contributed by atoms with Crippen molar-refractivity contribution in [3.05, 3.63) is 30.1 Å². The van der Waals surface area contributed by atoms with Crippen molar-refractivity contribution in [1.82, 2.24) is 10.3 Å². The second-order valence-corrected chi connectivity index (χ2v) is 4.21. The van der Waals surface area contributed by atoms with Crippen LogP contribution in [0.5, 0.6) is 0 Å². The average molecular weight is 234 g/mol. The van der Waals surface area contributed by atoms with Gasteiger partial charge in [0.05, 0.1) is 0 Å². The Hall–Kier alpha value is -1.91. The van der Waals surface area contributed by atoms with Crippen LogP contribution < -0.4 is 5.32 Å². The Bertz CT molecular complexity index is 427. The van der Waals surface area contributed by atoms with Gasteiger partial charge in [-0.2, -0.15) is 0 Å². The molecule has 0 saturated heterocycles. The molecule has 1 aliphatic rings. The van der Waals surface area contributed by atoms with Gasteiger partial charge in [0, 0.05) is 24.9 Å². The van der Waals surface area contributed by atoms with Crippen molar-refractivity contribution in [2.45, 2.75) is 19.3 Å². The molecule has 0 spiro atoms. The van der Waals surface area contributed by atoms with Crippen LogP contribution in [-0.2, 0) is 16.0 Å². The van der Waals surface area contributed by atoms with E-state index in [0.29, 0.717) is 25.8 Å². The molecule has 5 nitrogen and oxygen atoms in total. The largest absolute Gasteiger partial charge is 0.480 e. The molecule has 1 heterocycles. The lowest BCUT2D eigenvalue weighted by Gasteiger charge is -2.10. The Morgan fingerprint density at radius 3 is 2.71 bits per heavy atom. The van der Waals surface area contributed by atoms with Crippen molar-refractivity contribution in [3.63, 3.8) is 0 Å². The molecule has 1 saturated carbocycles. The molecule has 1 aliphatic carbocycles. The fourth-order valence-corrected chi connectivity index (χ4v) is 1.68. The second-order valence-electron chi connectivity index (χ2n) is 4.21. The molecule has 1 aromatic heterocycles. The van der Waals surface area contributed by atoms with Crippen LogP contribution in [0.2, 0.25) is 0 Å². The van der Waals surface area contributed by atoms with E-state index in [-0.39, 0.29) is 5.91 Å². The van der Waals surface area contributed by atoms with E-state index in [1.165, 1.54) is 0 Å². The maximum absolute atomic E-state index is 11.6. The number of pyridine rings is 1. The molecule has 1 aromatic rings. The molecule has 0 atom stereocenters. The number of hydrogen-bond donors (Lipinski definition) is 2. The van der Waals surface area contributed by atoms with Crippen molar-refractivity contribution in [1.29, 1.82) is 0 Å². The third-order valence-electron chi connectivity index (χ3n) is 2.99. The normalized spacial score (nSPS) is 16.2. The first-order valence-electron chi connectivity index (χ1n) is 5.57. The molecule has 2 N–H and O–H groups in total. The van der Waals surface area contributed by atoms with Crippen LogP contribution in [0.15, 0.2) is 24.4 Å². The van der Waals surface area contributed by atoms with E-state index in [1.54, 1.807) is 6.20 Å². The number of hydrogen-bond acceptors (Lipinski definition) is 3. The zero-order chi connectivity index (χ0) is 12.3. The van der Waals surface area contributed by atoms with Gasteiger partial charge in [-0.25, -0.2) is 0 Å². The molecule has 0 radical (unpaired) electrons. The maximum Gasteiger partial charge on any atom is 0.319 e. The molecule has 2 rings (SSSR count). The maximum atomic E-state index is 11.6. The summed E-state index contributed by atoms with van der Waals surface area (Å²) < 4.78 is 0. The number of carboxylic acid groups (broad SMARTS) is 1. The van der Waals surface area contributed by atoms with Crippen LogP contribution in [0, 0.1) is 5.41 Å². The number of aliphatic carboxylic acids is 1. The monoisotopic (exact) mass is 234 g/mol. The van der Waals surface area contributed by atoms with Gasteiger partial charge in [-0.15, -0.1) is 0 Å². The van der Waals surface area contributed by atoms with E-state index in [9.17, 15) is 9.59 Å². The third kappa shape index (κ3) is 2.43. The summed E-state index contributed by atoms with van der Waals surface area (Å²) >= 11 is 0. The van der Waals surface area contributed by atoms with Crippen molar-refractivity contribution in [2.75, 3.05) is 6.54 Å². The quantitative estimate of drug-likeness (QED) is 0.731. The van der Waals surface area contributed by atoms with Crippen molar-refractivity contribution in [3.8, 4) is 0 Å². The van der Waals surface area contributed by atoms with E-state index in [0.717, 1.165) is 5.69 Å². The zero-order valence-electron chi connectivity index (χ0n) is 9.35. The summed E-state index contributed by atoms with van der Waals surface area (Å²) in [6.07, 6.45) is 3.19. The highest BCUT2D eigenvalue weighted by Gasteiger charge is 2.56. The molecule has 0 bridgehead atoms. The lowest BCUT2D eigenvalue weighted by molar-refractivity contribution is -0.149. The van der Waals surface area contributed by atoms with E-state index in [2.05, 4.69) is 10.3 Å². The van der Waals surface area contributed by atoms with Crippen LogP contribution >= 0.6 is 0 Å². The molecular formula is C12H14N2O3. The summed E-state index contributed by atoms with van der Waals surface area (Å²) in [5.74, 6) is -1.39. The minimum absolute atomic E-state index is 0.374. The minimum Gasteiger partial charge on any atom is -0.480 e. The van der Waals surface area contributed by atoms with Crippen molar-refractivity contribution >= 4 is 11.9 Å². The molecule has 0 unspecified atom stereocenters. The Morgan fingerprint density at radius 1 is 1.41 bits per heavy atom. The predicted octanol–water partition coefficient (Wildman–Crippen LogP) is 0.605. The standard InChI is InChI=1S/C12H14N2O3/c15-10(12(5-6-12)11(16)17)14-8-4-9-3-1-2-7-13-9/h1-3,7H,4-6,8H2,(H,14,15)(H,16,17). The highest BCUT2D eigenvalue weighted by Crippen LogP contribution is 2.45. The fourth-order valence-electron chi connectivity index (χ4n) is 1.68. The molecule has 1 amide bonds. The molecule has 0 aliphatic heterocycles. The third-order valence-corrected chi connectivity index (χ3v) is 2.99. The van der Waals surface area contributed by atoms with E-state index < -0.39 is 11.4 Å². The summed E-state index contributed by atoms with van der Waals surface area (Å²) in [4.78, 5) is 26.7. The Labute approximate surface area is 98.9 Å². The van der Waals surface area contributed by atoms with Crippen molar-refractivity contribution in [2.24, 2.45) is 5.41 Å². The lowest BCUT2D eigenvalue weighted by atomic mass is 10.1. The van der Waals surface area contributed by atoms with E-state index in [4.69, 9.17) is 5.11 Å². The Balaban J connectivity index is 1.80. The van der Waals surface area contributed by atoms with E-state index >= 15 is 0 Å². The van der Waals surface area contributed by atoms with Crippen LogP contribution in [0.3, 0.4) is 0 Å². The van der Waals surface area contributed by atoms with Gasteiger partial charge in [-0.05, 0) is 25.0 Å².